The fourth-order valence-corrected chi connectivity index (χ4v) is 4.01. The van der Waals surface area contributed by atoms with Crippen molar-refractivity contribution in [1.29, 1.82) is 0 Å². The molecule has 0 radical (unpaired) electrons. The maximum Gasteiger partial charge on any atom is 0.435 e. The second-order valence-corrected chi connectivity index (χ2v) is 12.6. The van der Waals surface area contributed by atoms with Gasteiger partial charge >= 0.3 is 96.4 Å². The van der Waals surface area contributed by atoms with Crippen LogP contribution in [0.3, 0.4) is 0 Å². The molecule has 0 rings (SSSR count). The molecule has 55 heavy (non-hydrogen) atoms. The number of rotatable bonds is 18. The highest BCUT2D eigenvalue weighted by molar-refractivity contribution is 7.55. The first kappa shape index (κ1) is 52.8. The van der Waals surface area contributed by atoms with Crippen LogP contribution in [0.15, 0.2) is 0 Å². The van der Waals surface area contributed by atoms with Gasteiger partial charge in [-0.2, -0.15) is 132 Å². The Balaban J connectivity index is 7.83. The van der Waals surface area contributed by atoms with Crippen LogP contribution in [0.25, 0.3) is 0 Å². The molecule has 0 fully saturated rings. The predicted molar refractivity (Wildman–Crippen MR) is 101 cm³/mol. The minimum atomic E-state index is -10.2. The van der Waals surface area contributed by atoms with Crippen molar-refractivity contribution in [2.45, 2.75) is 108 Å². The van der Waals surface area contributed by atoms with Crippen LogP contribution in [-0.4, -0.2) is 94.2 Å². The van der Waals surface area contributed by atoms with E-state index in [1.165, 1.54) is 9.46 Å². The molecule has 0 aromatic rings. The number of hydrogen-bond acceptors (Lipinski definition) is 3. The van der Waals surface area contributed by atoms with Gasteiger partial charge in [0.15, 0.2) is 0 Å². The molecule has 3 nitrogen and oxygen atoms in total. The van der Waals surface area contributed by atoms with Gasteiger partial charge in [0.25, 0.3) is 5.41 Å². The highest BCUT2D eigenvalue weighted by Gasteiger charge is 3.01. The van der Waals surface area contributed by atoms with Crippen LogP contribution < -0.4 is 0 Å². The molecule has 1 unspecified atom stereocenters. The van der Waals surface area contributed by atoms with Crippen LogP contribution >= 0.6 is 7.60 Å². The summed E-state index contributed by atoms with van der Waals surface area (Å²) in [5.41, 5.74) is 0. The third kappa shape index (κ3) is 5.89. The highest BCUT2D eigenvalue weighted by atomic mass is 31.2. The number of alkyl halides is 31. The van der Waals surface area contributed by atoms with Gasteiger partial charge < -0.3 is 0 Å². The molecule has 0 aliphatic rings. The van der Waals surface area contributed by atoms with E-state index in [9.17, 15) is 150 Å². The summed E-state index contributed by atoms with van der Waals surface area (Å²) >= 11 is 0. The second-order valence-electron chi connectivity index (χ2n) is 10.5. The summed E-state index contributed by atoms with van der Waals surface area (Å²) in [5.74, 6) is -142. The van der Waals surface area contributed by atoms with E-state index in [1.807, 2.05) is 0 Å². The molecule has 0 aromatic heterocycles. The zero-order valence-electron chi connectivity index (χ0n) is 24.1. The molecular formula is C18H6F33O3P. The lowest BCUT2D eigenvalue weighted by Crippen LogP contribution is -2.80. The van der Waals surface area contributed by atoms with Crippen molar-refractivity contribution >= 4 is 7.60 Å². The van der Waals surface area contributed by atoms with Crippen molar-refractivity contribution in [3.05, 3.63) is 0 Å². The third-order valence-corrected chi connectivity index (χ3v) is 8.62. The van der Waals surface area contributed by atoms with Crippen LogP contribution in [0.5, 0.6) is 0 Å². The molecule has 0 saturated carbocycles. The summed E-state index contributed by atoms with van der Waals surface area (Å²) in [5, 5.41) is -7.06. The summed E-state index contributed by atoms with van der Waals surface area (Å²) < 4.78 is 464. The predicted octanol–water partition coefficient (Wildman–Crippen LogP) is 12.2. The molecule has 0 N–H and O–H groups in total. The molecular weight excluding hydrogens is 922 g/mol. The Morgan fingerprint density at radius 2 is 0.400 bits per heavy atom. The Hall–Kier alpha value is -2.16. The molecule has 1 atom stereocenters. The van der Waals surface area contributed by atoms with Crippen molar-refractivity contribution < 1.29 is 159 Å². The van der Waals surface area contributed by atoms with E-state index < -0.39 is 116 Å². The number of hydrogen-bond donors (Lipinski definition) is 0. The quantitative estimate of drug-likeness (QED) is 0.101. The fourth-order valence-electron chi connectivity index (χ4n) is 3.24. The summed E-state index contributed by atoms with van der Waals surface area (Å²) in [7, 11) is -8.19. The van der Waals surface area contributed by atoms with E-state index in [0.29, 0.717) is 0 Å². The van der Waals surface area contributed by atoms with Crippen molar-refractivity contribution in [3.8, 4) is 0 Å². The van der Waals surface area contributed by atoms with Crippen LogP contribution in [0.2, 0.25) is 0 Å². The Morgan fingerprint density at radius 1 is 0.273 bits per heavy atom. The monoisotopic (exact) mass is 928 g/mol. The molecule has 0 heterocycles. The molecule has 0 aliphatic heterocycles. The van der Waals surface area contributed by atoms with Crippen LogP contribution in [0.1, 0.15) is 13.8 Å². The lowest BCUT2D eigenvalue weighted by Gasteiger charge is -2.47. The van der Waals surface area contributed by atoms with E-state index >= 15 is 0 Å². The van der Waals surface area contributed by atoms with Gasteiger partial charge in [0.2, 0.25) is 0 Å². The van der Waals surface area contributed by atoms with Gasteiger partial charge in [0.05, 0.1) is 0 Å². The van der Waals surface area contributed by atoms with Gasteiger partial charge in [-0.05, 0) is 16.0 Å². The first-order valence-corrected chi connectivity index (χ1v) is 13.2. The van der Waals surface area contributed by atoms with E-state index in [0.717, 1.165) is 0 Å². The smallest absolute Gasteiger partial charge is 0.251 e. The fraction of sp³-hybridized carbons (Fsp3) is 1.00. The molecule has 37 heteroatoms. The minimum absolute atomic E-state index is 1.43. The topological polar surface area (TPSA) is 35.5 Å². The lowest BCUT2D eigenvalue weighted by molar-refractivity contribution is -0.487. The SMILES string of the molecule is CC(F)(F)C(F)(F)C(F)(F)C(F)(F)C(F)(F)C(F)(F)C(F)(F)C(F)(F)C(F)(F)C(F)(F)C(F)(F)C(F)(F)C(F)(F)C(F)(F)C(F)(F)C(C)(F)P(=O)(OF)OF. The zero-order valence-corrected chi connectivity index (χ0v) is 25.0. The van der Waals surface area contributed by atoms with Crippen molar-refractivity contribution in [2.24, 2.45) is 0 Å². The van der Waals surface area contributed by atoms with E-state index in [1.54, 1.807) is 0 Å². The molecule has 0 aliphatic carbocycles. The maximum absolute atomic E-state index is 14.1. The first-order chi connectivity index (χ1) is 23.1. The Morgan fingerprint density at radius 3 is 0.527 bits per heavy atom. The van der Waals surface area contributed by atoms with Crippen LogP contribution in [-0.2, 0) is 14.0 Å². The van der Waals surface area contributed by atoms with Crippen molar-refractivity contribution in [3.63, 3.8) is 0 Å². The van der Waals surface area contributed by atoms with Gasteiger partial charge in [-0.15, -0.1) is 9.46 Å². The van der Waals surface area contributed by atoms with Crippen LogP contribution in [0, 0.1) is 0 Å². The van der Waals surface area contributed by atoms with E-state index in [2.05, 4.69) is 0 Å². The summed E-state index contributed by atoms with van der Waals surface area (Å²) in [6, 6.07) is 0. The van der Waals surface area contributed by atoms with Crippen molar-refractivity contribution in [1.82, 2.24) is 0 Å². The Kier molecular flexibility index (Phi) is 12.4. The maximum atomic E-state index is 14.1. The normalized spacial score (nSPS) is 18.1. The van der Waals surface area contributed by atoms with Gasteiger partial charge in [0.1, 0.15) is 0 Å². The molecule has 0 saturated heterocycles. The van der Waals surface area contributed by atoms with Crippen molar-refractivity contribution in [2.75, 3.05) is 0 Å². The summed E-state index contributed by atoms with van der Waals surface area (Å²) in [6.45, 7) is -3.51. The largest absolute Gasteiger partial charge is 0.435 e. The molecule has 0 amide bonds. The van der Waals surface area contributed by atoms with E-state index in [4.69, 9.17) is 0 Å². The third-order valence-electron chi connectivity index (χ3n) is 6.95. The molecule has 0 bridgehead atoms. The van der Waals surface area contributed by atoms with Crippen LogP contribution in [0.4, 0.5) is 145 Å². The Labute approximate surface area is 276 Å². The lowest BCUT2D eigenvalue weighted by atomic mass is 9.82. The summed E-state index contributed by atoms with van der Waals surface area (Å²) in [6.07, 6.45) is 0. The van der Waals surface area contributed by atoms with Gasteiger partial charge in [-0.3, -0.25) is 4.57 Å². The standard InChI is InChI=1S/C18H6F33O3P/c1-3(19,20)5(22,23)7(26,27)9(30,31)11(34,35)13(38,39)15(42,43)17(46,47)18(48,49)16(44,45)14(40,41)12(36,37)10(32,33)8(28,29)6(24,25)4(2,21)55(52,53-50)54-51/h1-2H3. The average molecular weight is 928 g/mol. The van der Waals surface area contributed by atoms with E-state index in [-0.39, 0.29) is 0 Å². The number of halogens is 33. The zero-order chi connectivity index (χ0) is 45.9. The first-order valence-electron chi connectivity index (χ1n) is 11.7. The minimum Gasteiger partial charge on any atom is -0.251 e. The summed E-state index contributed by atoms with van der Waals surface area (Å²) in [4.78, 5) is 0. The van der Waals surface area contributed by atoms with Gasteiger partial charge in [0, 0.05) is 6.92 Å². The molecule has 0 spiro atoms. The molecule has 0 aromatic carbocycles. The average Bonchev–Trinajstić information content (AvgIpc) is 2.98. The Bertz CT molecular complexity index is 1450. The van der Waals surface area contributed by atoms with Gasteiger partial charge in [-0.1, -0.05) is 0 Å². The molecule has 332 valence electrons. The highest BCUT2D eigenvalue weighted by Crippen LogP contribution is 2.73. The second kappa shape index (κ2) is 12.9. The van der Waals surface area contributed by atoms with Gasteiger partial charge in [-0.25, -0.2) is 4.39 Å².